The van der Waals surface area contributed by atoms with Gasteiger partial charge in [-0.15, -0.1) is 0 Å². The summed E-state index contributed by atoms with van der Waals surface area (Å²) >= 11 is 0. The first-order valence-electron chi connectivity index (χ1n) is 4.02. The monoisotopic (exact) mass is 128 g/mol. The fourth-order valence-electron chi connectivity index (χ4n) is 1.66. The summed E-state index contributed by atoms with van der Waals surface area (Å²) in [6.07, 6.45) is 6.02. The Morgan fingerprint density at radius 3 is 2.44 bits per heavy atom. The highest BCUT2D eigenvalue weighted by Crippen LogP contribution is 2.26. The maximum atomic E-state index is 9.37. The Bertz CT molecular complexity index is 80.6. The van der Waals surface area contributed by atoms with Crippen LogP contribution in [0.25, 0.3) is 0 Å². The molecule has 0 aromatic heterocycles. The van der Waals surface area contributed by atoms with E-state index in [0.29, 0.717) is 5.92 Å². The summed E-state index contributed by atoms with van der Waals surface area (Å²) in [5.74, 6) is 0.610. The van der Waals surface area contributed by atoms with Crippen molar-refractivity contribution in [2.75, 3.05) is 0 Å². The van der Waals surface area contributed by atoms with E-state index in [2.05, 4.69) is 6.92 Å². The maximum absolute atomic E-state index is 9.37. The Morgan fingerprint density at radius 2 is 2.00 bits per heavy atom. The van der Waals surface area contributed by atoms with E-state index in [0.717, 1.165) is 12.8 Å². The SMILES string of the molecule is CCC1CCCC[C@@H]1O. The molecule has 0 radical (unpaired) electrons. The van der Waals surface area contributed by atoms with Gasteiger partial charge in [-0.05, 0) is 18.8 Å². The van der Waals surface area contributed by atoms with E-state index in [-0.39, 0.29) is 6.10 Å². The molecule has 0 saturated heterocycles. The molecule has 1 unspecified atom stereocenters. The zero-order valence-electron chi connectivity index (χ0n) is 6.14. The second-order valence-corrected chi connectivity index (χ2v) is 3.02. The van der Waals surface area contributed by atoms with E-state index in [1.807, 2.05) is 0 Å². The lowest BCUT2D eigenvalue weighted by molar-refractivity contribution is 0.0680. The lowest BCUT2D eigenvalue weighted by Crippen LogP contribution is -2.23. The summed E-state index contributed by atoms with van der Waals surface area (Å²) in [6.45, 7) is 2.17. The van der Waals surface area contributed by atoms with Crippen LogP contribution in [0.15, 0.2) is 0 Å². The van der Waals surface area contributed by atoms with Crippen molar-refractivity contribution in [3.8, 4) is 0 Å². The second-order valence-electron chi connectivity index (χ2n) is 3.02. The van der Waals surface area contributed by atoms with Crippen LogP contribution in [0.5, 0.6) is 0 Å². The van der Waals surface area contributed by atoms with Crippen LogP contribution in [0.1, 0.15) is 39.0 Å². The van der Waals surface area contributed by atoms with E-state index in [9.17, 15) is 5.11 Å². The highest BCUT2D eigenvalue weighted by Gasteiger charge is 2.20. The average Bonchev–Trinajstić information content (AvgIpc) is 1.89. The van der Waals surface area contributed by atoms with Crippen LogP contribution < -0.4 is 0 Å². The van der Waals surface area contributed by atoms with Crippen molar-refractivity contribution in [1.29, 1.82) is 0 Å². The highest BCUT2D eigenvalue weighted by atomic mass is 16.3. The Morgan fingerprint density at radius 1 is 1.33 bits per heavy atom. The molecule has 1 nitrogen and oxygen atoms in total. The molecule has 0 aliphatic heterocycles. The molecule has 0 bridgehead atoms. The quantitative estimate of drug-likeness (QED) is 0.572. The Hall–Kier alpha value is -0.0400. The molecular formula is C8H16O. The third kappa shape index (κ3) is 1.68. The van der Waals surface area contributed by atoms with Crippen LogP contribution in [0.4, 0.5) is 0 Å². The molecule has 0 aromatic rings. The predicted octanol–water partition coefficient (Wildman–Crippen LogP) is 1.95. The van der Waals surface area contributed by atoms with Crippen molar-refractivity contribution in [2.45, 2.75) is 45.1 Å². The number of aliphatic hydroxyl groups excluding tert-OH is 1. The number of hydrogen-bond donors (Lipinski definition) is 1. The van der Waals surface area contributed by atoms with Crippen LogP contribution in [-0.2, 0) is 0 Å². The van der Waals surface area contributed by atoms with E-state index >= 15 is 0 Å². The molecule has 9 heavy (non-hydrogen) atoms. The van der Waals surface area contributed by atoms with E-state index in [1.54, 1.807) is 0 Å². The molecule has 1 rings (SSSR count). The van der Waals surface area contributed by atoms with E-state index < -0.39 is 0 Å². The van der Waals surface area contributed by atoms with Gasteiger partial charge in [-0.3, -0.25) is 0 Å². The lowest BCUT2D eigenvalue weighted by Gasteiger charge is -2.25. The zero-order valence-corrected chi connectivity index (χ0v) is 6.14. The summed E-state index contributed by atoms with van der Waals surface area (Å²) < 4.78 is 0. The Balaban J connectivity index is 2.30. The molecule has 0 spiro atoms. The van der Waals surface area contributed by atoms with Crippen LogP contribution >= 0.6 is 0 Å². The van der Waals surface area contributed by atoms with Gasteiger partial charge in [0.15, 0.2) is 0 Å². The molecule has 1 saturated carbocycles. The summed E-state index contributed by atoms with van der Waals surface area (Å²) in [5, 5.41) is 9.37. The maximum Gasteiger partial charge on any atom is 0.0568 e. The largest absolute Gasteiger partial charge is 0.393 e. The van der Waals surface area contributed by atoms with E-state index in [4.69, 9.17) is 0 Å². The molecule has 1 N–H and O–H groups in total. The van der Waals surface area contributed by atoms with Gasteiger partial charge in [0.25, 0.3) is 0 Å². The first-order chi connectivity index (χ1) is 4.34. The summed E-state index contributed by atoms with van der Waals surface area (Å²) in [5.41, 5.74) is 0. The molecule has 0 heterocycles. The summed E-state index contributed by atoms with van der Waals surface area (Å²) in [4.78, 5) is 0. The highest BCUT2D eigenvalue weighted by molar-refractivity contribution is 4.72. The molecule has 1 aliphatic carbocycles. The van der Waals surface area contributed by atoms with Crippen LogP contribution in [0.2, 0.25) is 0 Å². The van der Waals surface area contributed by atoms with Gasteiger partial charge in [0, 0.05) is 0 Å². The molecule has 0 amide bonds. The van der Waals surface area contributed by atoms with Crippen molar-refractivity contribution in [1.82, 2.24) is 0 Å². The van der Waals surface area contributed by atoms with Crippen LogP contribution in [0, 0.1) is 5.92 Å². The Kier molecular flexibility index (Phi) is 2.52. The van der Waals surface area contributed by atoms with Crippen molar-refractivity contribution in [3.05, 3.63) is 0 Å². The van der Waals surface area contributed by atoms with Gasteiger partial charge < -0.3 is 5.11 Å². The van der Waals surface area contributed by atoms with Gasteiger partial charge in [0.05, 0.1) is 6.10 Å². The van der Waals surface area contributed by atoms with Crippen LogP contribution in [-0.4, -0.2) is 11.2 Å². The lowest BCUT2D eigenvalue weighted by atomic mass is 9.85. The van der Waals surface area contributed by atoms with Gasteiger partial charge in [0.2, 0.25) is 0 Å². The molecule has 1 aliphatic rings. The predicted molar refractivity (Wildman–Crippen MR) is 38.3 cm³/mol. The third-order valence-electron chi connectivity index (χ3n) is 2.39. The number of aliphatic hydroxyl groups is 1. The number of rotatable bonds is 1. The first-order valence-corrected chi connectivity index (χ1v) is 4.02. The fourth-order valence-corrected chi connectivity index (χ4v) is 1.66. The molecule has 1 fully saturated rings. The van der Waals surface area contributed by atoms with Gasteiger partial charge in [-0.1, -0.05) is 26.2 Å². The minimum absolute atomic E-state index is 0.0174. The van der Waals surface area contributed by atoms with Crippen LogP contribution in [0.3, 0.4) is 0 Å². The Labute approximate surface area is 57.1 Å². The minimum atomic E-state index is 0.0174. The normalized spacial score (nSPS) is 36.7. The summed E-state index contributed by atoms with van der Waals surface area (Å²) in [7, 11) is 0. The molecule has 2 atom stereocenters. The van der Waals surface area contributed by atoms with Crippen molar-refractivity contribution < 1.29 is 5.11 Å². The molecule has 1 heteroatoms. The molecule has 0 aromatic carbocycles. The second kappa shape index (κ2) is 3.21. The van der Waals surface area contributed by atoms with Gasteiger partial charge >= 0.3 is 0 Å². The fraction of sp³-hybridized carbons (Fsp3) is 1.00. The third-order valence-corrected chi connectivity index (χ3v) is 2.39. The standard InChI is InChI=1S/C8H16O/c1-2-7-5-3-4-6-8(7)9/h7-9H,2-6H2,1H3/t7?,8-/m0/s1. The summed E-state index contributed by atoms with van der Waals surface area (Å²) in [6, 6.07) is 0. The van der Waals surface area contributed by atoms with E-state index in [1.165, 1.54) is 19.3 Å². The minimum Gasteiger partial charge on any atom is -0.393 e. The first kappa shape index (κ1) is 7.07. The van der Waals surface area contributed by atoms with Crippen molar-refractivity contribution in [3.63, 3.8) is 0 Å². The van der Waals surface area contributed by atoms with Crippen molar-refractivity contribution >= 4 is 0 Å². The molecule has 54 valence electrons. The van der Waals surface area contributed by atoms with Gasteiger partial charge in [-0.2, -0.15) is 0 Å². The van der Waals surface area contributed by atoms with Crippen molar-refractivity contribution in [2.24, 2.45) is 5.92 Å². The molecular weight excluding hydrogens is 112 g/mol. The topological polar surface area (TPSA) is 20.2 Å². The van der Waals surface area contributed by atoms with Gasteiger partial charge in [-0.25, -0.2) is 0 Å². The average molecular weight is 128 g/mol. The van der Waals surface area contributed by atoms with Gasteiger partial charge in [0.1, 0.15) is 0 Å². The number of hydrogen-bond acceptors (Lipinski definition) is 1. The smallest absolute Gasteiger partial charge is 0.0568 e. The zero-order chi connectivity index (χ0) is 6.69.